The Labute approximate surface area is 106 Å². The molecule has 3 rings (SSSR count). The highest BCUT2D eigenvalue weighted by Gasteiger charge is 2.09. The van der Waals surface area contributed by atoms with Gasteiger partial charge in [-0.25, -0.2) is 4.98 Å². The fourth-order valence-corrected chi connectivity index (χ4v) is 2.12. The molecule has 0 saturated carbocycles. The van der Waals surface area contributed by atoms with E-state index in [1.807, 2.05) is 29.3 Å². The van der Waals surface area contributed by atoms with E-state index in [0.29, 0.717) is 6.04 Å². The fraction of sp³-hybridized carbons (Fsp3) is 0.286. The minimum Gasteiger partial charge on any atom is -0.346 e. The minimum atomic E-state index is 0.433. The van der Waals surface area contributed by atoms with Crippen LogP contribution < -0.4 is 0 Å². The number of pyridine rings is 1. The summed E-state index contributed by atoms with van der Waals surface area (Å²) in [5.41, 5.74) is 3.24. The number of aromatic amines is 1. The molecule has 0 bridgehead atoms. The van der Waals surface area contributed by atoms with E-state index >= 15 is 0 Å². The van der Waals surface area contributed by atoms with E-state index in [2.05, 4.69) is 41.2 Å². The van der Waals surface area contributed by atoms with Crippen molar-refractivity contribution in [3.63, 3.8) is 0 Å². The molecule has 3 aromatic rings. The topological polar surface area (TPSA) is 46.5 Å². The van der Waals surface area contributed by atoms with Gasteiger partial charge in [0.05, 0.1) is 6.20 Å². The van der Waals surface area contributed by atoms with Crippen LogP contribution in [-0.4, -0.2) is 19.7 Å². The van der Waals surface area contributed by atoms with E-state index in [0.717, 1.165) is 23.0 Å². The Morgan fingerprint density at radius 1 is 1.39 bits per heavy atom. The molecule has 0 amide bonds. The molecule has 0 radical (unpaired) electrons. The minimum absolute atomic E-state index is 0.433. The number of fused-ring (bicyclic) bond motifs is 1. The highest BCUT2D eigenvalue weighted by Crippen LogP contribution is 2.27. The number of hydrogen-bond acceptors (Lipinski definition) is 2. The van der Waals surface area contributed by atoms with Gasteiger partial charge in [0.1, 0.15) is 5.65 Å². The van der Waals surface area contributed by atoms with Gasteiger partial charge in [-0.05, 0) is 31.0 Å². The number of nitrogens with zero attached hydrogens (tertiary/aromatic N) is 3. The van der Waals surface area contributed by atoms with E-state index in [4.69, 9.17) is 0 Å². The maximum absolute atomic E-state index is 4.44. The van der Waals surface area contributed by atoms with Gasteiger partial charge >= 0.3 is 0 Å². The number of nitrogens with one attached hydrogen (secondary N) is 1. The van der Waals surface area contributed by atoms with Crippen LogP contribution in [0, 0.1) is 0 Å². The first-order chi connectivity index (χ1) is 8.79. The molecular formula is C14H16N4. The Kier molecular flexibility index (Phi) is 2.63. The van der Waals surface area contributed by atoms with E-state index < -0.39 is 0 Å². The van der Waals surface area contributed by atoms with E-state index in [9.17, 15) is 0 Å². The Morgan fingerprint density at radius 2 is 2.28 bits per heavy atom. The van der Waals surface area contributed by atoms with Gasteiger partial charge in [0, 0.05) is 35.6 Å². The Balaban J connectivity index is 2.09. The van der Waals surface area contributed by atoms with Gasteiger partial charge in [-0.2, -0.15) is 5.10 Å². The van der Waals surface area contributed by atoms with Crippen molar-refractivity contribution < 1.29 is 0 Å². The quantitative estimate of drug-likeness (QED) is 0.762. The first kappa shape index (κ1) is 11.0. The van der Waals surface area contributed by atoms with Crippen molar-refractivity contribution in [1.29, 1.82) is 0 Å². The molecule has 0 aliphatic rings. The van der Waals surface area contributed by atoms with Crippen LogP contribution in [0.1, 0.15) is 26.3 Å². The van der Waals surface area contributed by atoms with Crippen LogP contribution in [0.2, 0.25) is 0 Å². The molecule has 3 heterocycles. The molecule has 0 saturated heterocycles. The summed E-state index contributed by atoms with van der Waals surface area (Å²) in [6, 6.07) is 4.52. The average molecular weight is 240 g/mol. The van der Waals surface area contributed by atoms with E-state index in [1.54, 1.807) is 0 Å². The van der Waals surface area contributed by atoms with E-state index in [-0.39, 0.29) is 0 Å². The predicted octanol–water partition coefficient (Wildman–Crippen LogP) is 3.40. The highest BCUT2D eigenvalue weighted by molar-refractivity contribution is 5.92. The Hall–Kier alpha value is -2.10. The van der Waals surface area contributed by atoms with Crippen LogP contribution in [0.4, 0.5) is 0 Å². The van der Waals surface area contributed by atoms with Gasteiger partial charge in [-0.15, -0.1) is 0 Å². The summed E-state index contributed by atoms with van der Waals surface area (Å²) in [5, 5.41) is 5.58. The molecule has 18 heavy (non-hydrogen) atoms. The van der Waals surface area contributed by atoms with Gasteiger partial charge in [-0.3, -0.25) is 4.68 Å². The highest BCUT2D eigenvalue weighted by atomic mass is 15.3. The zero-order chi connectivity index (χ0) is 12.5. The number of aromatic nitrogens is 4. The fourth-order valence-electron chi connectivity index (χ4n) is 2.12. The molecule has 1 N–H and O–H groups in total. The van der Waals surface area contributed by atoms with Crippen molar-refractivity contribution in [3.8, 4) is 11.1 Å². The molecule has 0 aliphatic heterocycles. The molecule has 4 heteroatoms. The summed E-state index contributed by atoms with van der Waals surface area (Å²) >= 11 is 0. The molecular weight excluding hydrogens is 224 g/mol. The second-order valence-electron chi connectivity index (χ2n) is 4.56. The molecule has 0 aliphatic carbocycles. The Morgan fingerprint density at radius 3 is 3.11 bits per heavy atom. The van der Waals surface area contributed by atoms with Gasteiger partial charge in [0.15, 0.2) is 0 Å². The summed E-state index contributed by atoms with van der Waals surface area (Å²) in [7, 11) is 0. The van der Waals surface area contributed by atoms with Crippen molar-refractivity contribution in [2.75, 3.05) is 0 Å². The third-order valence-electron chi connectivity index (χ3n) is 3.42. The standard InChI is InChI=1S/C14H16N4/c1-3-10(2)18-9-11(8-17-18)12-4-6-15-14-13(12)5-7-16-14/h4-10H,3H2,1-2H3,(H,15,16). The lowest BCUT2D eigenvalue weighted by atomic mass is 10.1. The van der Waals surface area contributed by atoms with Crippen LogP contribution in [0.25, 0.3) is 22.2 Å². The largest absolute Gasteiger partial charge is 0.346 e. The lowest BCUT2D eigenvalue weighted by Crippen LogP contribution is -2.03. The molecule has 1 atom stereocenters. The van der Waals surface area contributed by atoms with Crippen molar-refractivity contribution in [2.45, 2.75) is 26.3 Å². The monoisotopic (exact) mass is 240 g/mol. The summed E-state index contributed by atoms with van der Waals surface area (Å²) in [4.78, 5) is 7.43. The smallest absolute Gasteiger partial charge is 0.137 e. The maximum atomic E-state index is 4.44. The zero-order valence-electron chi connectivity index (χ0n) is 10.6. The molecule has 3 aromatic heterocycles. The number of hydrogen-bond donors (Lipinski definition) is 1. The summed E-state index contributed by atoms with van der Waals surface area (Å²) in [5.74, 6) is 0. The molecule has 92 valence electrons. The summed E-state index contributed by atoms with van der Waals surface area (Å²) in [6.45, 7) is 4.35. The third kappa shape index (κ3) is 1.70. The van der Waals surface area contributed by atoms with E-state index in [1.165, 1.54) is 5.56 Å². The van der Waals surface area contributed by atoms with Crippen LogP contribution in [-0.2, 0) is 0 Å². The molecule has 0 fully saturated rings. The van der Waals surface area contributed by atoms with Gasteiger partial charge in [-0.1, -0.05) is 6.92 Å². The average Bonchev–Trinajstić information content (AvgIpc) is 3.05. The SMILES string of the molecule is CCC(C)n1cc(-c2ccnc3[nH]ccc23)cn1. The normalized spacial score (nSPS) is 13.0. The molecule has 0 aromatic carbocycles. The first-order valence-electron chi connectivity index (χ1n) is 6.26. The molecule has 0 spiro atoms. The van der Waals surface area contributed by atoms with Crippen LogP contribution in [0.15, 0.2) is 36.9 Å². The zero-order valence-corrected chi connectivity index (χ0v) is 10.6. The second-order valence-corrected chi connectivity index (χ2v) is 4.56. The maximum Gasteiger partial charge on any atom is 0.137 e. The predicted molar refractivity (Wildman–Crippen MR) is 72.3 cm³/mol. The molecule has 4 nitrogen and oxygen atoms in total. The third-order valence-corrected chi connectivity index (χ3v) is 3.42. The number of rotatable bonds is 3. The Bertz CT molecular complexity index is 665. The summed E-state index contributed by atoms with van der Waals surface area (Å²) < 4.78 is 2.02. The van der Waals surface area contributed by atoms with Gasteiger partial charge in [0.25, 0.3) is 0 Å². The number of H-pyrrole nitrogens is 1. The van der Waals surface area contributed by atoms with Gasteiger partial charge < -0.3 is 4.98 Å². The van der Waals surface area contributed by atoms with Crippen LogP contribution in [0.5, 0.6) is 0 Å². The van der Waals surface area contributed by atoms with Crippen LogP contribution in [0.3, 0.4) is 0 Å². The van der Waals surface area contributed by atoms with Gasteiger partial charge in [0.2, 0.25) is 0 Å². The van der Waals surface area contributed by atoms with Crippen molar-refractivity contribution in [2.24, 2.45) is 0 Å². The van der Waals surface area contributed by atoms with Crippen LogP contribution >= 0.6 is 0 Å². The second kappa shape index (κ2) is 4.29. The first-order valence-corrected chi connectivity index (χ1v) is 6.26. The summed E-state index contributed by atoms with van der Waals surface area (Å²) in [6.07, 6.45) is 8.86. The lowest BCUT2D eigenvalue weighted by molar-refractivity contribution is 0.478. The molecule has 1 unspecified atom stereocenters. The van der Waals surface area contributed by atoms with Crippen molar-refractivity contribution in [1.82, 2.24) is 19.7 Å². The lowest BCUT2D eigenvalue weighted by Gasteiger charge is -2.07. The van der Waals surface area contributed by atoms with Crippen molar-refractivity contribution >= 4 is 11.0 Å². The van der Waals surface area contributed by atoms with Crippen molar-refractivity contribution in [3.05, 3.63) is 36.9 Å².